The Balaban J connectivity index is 0.000000160. The highest BCUT2D eigenvalue weighted by atomic mass is 16.5. The van der Waals surface area contributed by atoms with Gasteiger partial charge in [0.2, 0.25) is 11.8 Å². The van der Waals surface area contributed by atoms with E-state index in [0.717, 1.165) is 0 Å². The van der Waals surface area contributed by atoms with Gasteiger partial charge >= 0.3 is 0 Å². The molecule has 0 radical (unpaired) electrons. The Morgan fingerprint density at radius 1 is 0.875 bits per heavy atom. The second kappa shape index (κ2) is 7.17. The SMILES string of the molecule is COc1ccccn1.COc1ccncn1. The maximum Gasteiger partial charge on any atom is 0.215 e. The third-order valence-corrected chi connectivity index (χ3v) is 1.61. The number of ether oxygens (including phenoxy) is 2. The molecular weight excluding hydrogens is 206 g/mol. The van der Waals surface area contributed by atoms with Crippen molar-refractivity contribution in [3.63, 3.8) is 0 Å². The van der Waals surface area contributed by atoms with Crippen LogP contribution in [0.1, 0.15) is 0 Å². The molecule has 0 aliphatic heterocycles. The van der Waals surface area contributed by atoms with E-state index in [1.807, 2.05) is 12.1 Å². The molecule has 0 atom stereocenters. The Labute approximate surface area is 94.1 Å². The van der Waals surface area contributed by atoms with Gasteiger partial charge in [-0.1, -0.05) is 6.07 Å². The first kappa shape index (κ1) is 11.9. The predicted molar refractivity (Wildman–Crippen MR) is 59.4 cm³/mol. The van der Waals surface area contributed by atoms with Gasteiger partial charge in [0.15, 0.2) is 0 Å². The molecule has 0 saturated heterocycles. The van der Waals surface area contributed by atoms with E-state index in [-0.39, 0.29) is 0 Å². The normalized spacial score (nSPS) is 8.62. The summed E-state index contributed by atoms with van der Waals surface area (Å²) < 4.78 is 9.57. The van der Waals surface area contributed by atoms with Crippen LogP contribution in [-0.2, 0) is 0 Å². The van der Waals surface area contributed by atoms with E-state index in [4.69, 9.17) is 9.47 Å². The van der Waals surface area contributed by atoms with Gasteiger partial charge < -0.3 is 9.47 Å². The van der Waals surface area contributed by atoms with Gasteiger partial charge in [0.05, 0.1) is 14.2 Å². The number of rotatable bonds is 2. The summed E-state index contributed by atoms with van der Waals surface area (Å²) >= 11 is 0. The van der Waals surface area contributed by atoms with Crippen molar-refractivity contribution in [2.75, 3.05) is 14.2 Å². The summed E-state index contributed by atoms with van der Waals surface area (Å²) in [5.74, 6) is 1.26. The van der Waals surface area contributed by atoms with E-state index >= 15 is 0 Å². The lowest BCUT2D eigenvalue weighted by Gasteiger charge is -1.92. The Bertz CT molecular complexity index is 341. The maximum absolute atomic E-state index is 4.80. The van der Waals surface area contributed by atoms with Crippen LogP contribution in [-0.4, -0.2) is 29.2 Å². The van der Waals surface area contributed by atoms with Crippen LogP contribution in [0.3, 0.4) is 0 Å². The van der Waals surface area contributed by atoms with E-state index in [1.165, 1.54) is 6.33 Å². The first-order valence-corrected chi connectivity index (χ1v) is 4.62. The second-order valence-corrected chi connectivity index (χ2v) is 2.62. The lowest BCUT2D eigenvalue weighted by molar-refractivity contribution is 0.397. The van der Waals surface area contributed by atoms with E-state index in [1.54, 1.807) is 38.7 Å². The lowest BCUT2D eigenvalue weighted by atomic mass is 10.5. The third kappa shape index (κ3) is 4.36. The van der Waals surface area contributed by atoms with Crippen molar-refractivity contribution in [2.24, 2.45) is 0 Å². The number of methoxy groups -OCH3 is 2. The molecule has 0 fully saturated rings. The highest BCUT2D eigenvalue weighted by molar-refractivity contribution is 5.08. The molecule has 0 bridgehead atoms. The van der Waals surface area contributed by atoms with Crippen LogP contribution in [0.5, 0.6) is 11.8 Å². The monoisotopic (exact) mass is 219 g/mol. The summed E-state index contributed by atoms with van der Waals surface area (Å²) in [7, 11) is 3.17. The van der Waals surface area contributed by atoms with E-state index in [2.05, 4.69) is 15.0 Å². The molecule has 0 aromatic carbocycles. The smallest absolute Gasteiger partial charge is 0.215 e. The van der Waals surface area contributed by atoms with Crippen molar-refractivity contribution >= 4 is 0 Å². The van der Waals surface area contributed by atoms with Crippen LogP contribution in [0.25, 0.3) is 0 Å². The molecule has 0 spiro atoms. The fourth-order valence-electron chi connectivity index (χ4n) is 0.867. The number of hydrogen-bond donors (Lipinski definition) is 0. The quantitative estimate of drug-likeness (QED) is 0.767. The highest BCUT2D eigenvalue weighted by Gasteiger charge is 1.83. The molecule has 84 valence electrons. The molecule has 2 aromatic heterocycles. The van der Waals surface area contributed by atoms with Crippen LogP contribution < -0.4 is 9.47 Å². The molecular formula is C11H13N3O2. The fourth-order valence-corrected chi connectivity index (χ4v) is 0.867. The molecule has 0 aliphatic rings. The molecule has 0 amide bonds. The van der Waals surface area contributed by atoms with Crippen molar-refractivity contribution in [3.05, 3.63) is 43.0 Å². The minimum atomic E-state index is 0.597. The molecule has 0 saturated carbocycles. The zero-order chi connectivity index (χ0) is 11.6. The van der Waals surface area contributed by atoms with Gasteiger partial charge in [-0.15, -0.1) is 0 Å². The number of aromatic nitrogens is 3. The van der Waals surface area contributed by atoms with Gasteiger partial charge in [-0.05, 0) is 6.07 Å². The van der Waals surface area contributed by atoms with E-state index < -0.39 is 0 Å². The zero-order valence-electron chi connectivity index (χ0n) is 9.20. The highest BCUT2D eigenvalue weighted by Crippen LogP contribution is 1.99. The Kier molecular flexibility index (Phi) is 5.33. The molecule has 5 nitrogen and oxygen atoms in total. The van der Waals surface area contributed by atoms with Gasteiger partial charge in [-0.3, -0.25) is 0 Å². The van der Waals surface area contributed by atoms with Crippen molar-refractivity contribution in [1.29, 1.82) is 0 Å². The predicted octanol–water partition coefficient (Wildman–Crippen LogP) is 1.58. The van der Waals surface area contributed by atoms with Crippen LogP contribution in [0.2, 0.25) is 0 Å². The van der Waals surface area contributed by atoms with Crippen molar-refractivity contribution in [3.8, 4) is 11.8 Å². The van der Waals surface area contributed by atoms with Crippen LogP contribution in [0, 0.1) is 0 Å². The van der Waals surface area contributed by atoms with E-state index in [0.29, 0.717) is 11.8 Å². The fraction of sp³-hybridized carbons (Fsp3) is 0.182. The molecule has 16 heavy (non-hydrogen) atoms. The topological polar surface area (TPSA) is 57.1 Å². The average molecular weight is 219 g/mol. The summed E-state index contributed by atoms with van der Waals surface area (Å²) in [6.45, 7) is 0. The minimum Gasteiger partial charge on any atom is -0.481 e. The molecule has 0 N–H and O–H groups in total. The zero-order valence-corrected chi connectivity index (χ0v) is 9.20. The lowest BCUT2D eigenvalue weighted by Crippen LogP contribution is -1.85. The third-order valence-electron chi connectivity index (χ3n) is 1.61. The molecule has 0 aliphatic carbocycles. The van der Waals surface area contributed by atoms with Gasteiger partial charge in [0.25, 0.3) is 0 Å². The molecule has 5 heteroatoms. The summed E-state index contributed by atoms with van der Waals surface area (Å²) in [5.41, 5.74) is 0. The Hall–Kier alpha value is -2.17. The van der Waals surface area contributed by atoms with Crippen LogP contribution in [0.4, 0.5) is 0 Å². The average Bonchev–Trinajstić information content (AvgIpc) is 2.41. The first-order valence-electron chi connectivity index (χ1n) is 4.62. The minimum absolute atomic E-state index is 0.597. The van der Waals surface area contributed by atoms with Crippen LogP contribution in [0.15, 0.2) is 43.0 Å². The molecule has 0 unspecified atom stereocenters. The maximum atomic E-state index is 4.80. The molecule has 2 aromatic rings. The largest absolute Gasteiger partial charge is 0.481 e. The number of nitrogens with zero attached hydrogens (tertiary/aromatic N) is 3. The van der Waals surface area contributed by atoms with Crippen molar-refractivity contribution < 1.29 is 9.47 Å². The summed E-state index contributed by atoms with van der Waals surface area (Å²) in [6, 6.07) is 7.23. The summed E-state index contributed by atoms with van der Waals surface area (Å²) in [5, 5.41) is 0. The molecule has 2 heterocycles. The van der Waals surface area contributed by atoms with E-state index in [9.17, 15) is 0 Å². The summed E-state index contributed by atoms with van der Waals surface area (Å²) in [4.78, 5) is 11.3. The summed E-state index contributed by atoms with van der Waals surface area (Å²) in [6.07, 6.45) is 4.77. The molecule has 2 rings (SSSR count). The van der Waals surface area contributed by atoms with Gasteiger partial charge in [-0.25, -0.2) is 15.0 Å². The first-order chi connectivity index (χ1) is 7.86. The van der Waals surface area contributed by atoms with Gasteiger partial charge in [0.1, 0.15) is 6.33 Å². The second-order valence-electron chi connectivity index (χ2n) is 2.62. The van der Waals surface area contributed by atoms with Gasteiger partial charge in [-0.2, -0.15) is 0 Å². The Morgan fingerprint density at radius 2 is 1.62 bits per heavy atom. The standard InChI is InChI=1S/C6H7NO.C5H6N2O/c1-8-6-4-2-3-5-7-6;1-8-5-2-3-6-4-7-5/h2-5H,1H3;2-4H,1H3. The van der Waals surface area contributed by atoms with Crippen LogP contribution >= 0.6 is 0 Å². The number of pyridine rings is 1. The number of hydrogen-bond acceptors (Lipinski definition) is 5. The van der Waals surface area contributed by atoms with Crippen molar-refractivity contribution in [1.82, 2.24) is 15.0 Å². The van der Waals surface area contributed by atoms with Crippen molar-refractivity contribution in [2.45, 2.75) is 0 Å². The Morgan fingerprint density at radius 3 is 2.00 bits per heavy atom. The van der Waals surface area contributed by atoms with Gasteiger partial charge in [0, 0.05) is 24.5 Å².